The van der Waals surface area contributed by atoms with Crippen LogP contribution in [0.2, 0.25) is 0 Å². The molecule has 0 radical (unpaired) electrons. The van der Waals surface area contributed by atoms with Crippen molar-refractivity contribution < 1.29 is 34.1 Å². The fourth-order valence-electron chi connectivity index (χ4n) is 10.3. The van der Waals surface area contributed by atoms with Crippen molar-refractivity contribution in [3.63, 3.8) is 0 Å². The largest absolute Gasteiger partial charge is 0.462 e. The van der Waals surface area contributed by atoms with Gasteiger partial charge in [0.15, 0.2) is 0 Å². The highest BCUT2D eigenvalue weighted by atomic mass is 16.5. The minimum absolute atomic E-state index is 0.0557. The second-order valence-corrected chi connectivity index (χ2v) is 15.2. The highest BCUT2D eigenvalue weighted by Crippen LogP contribution is 2.71. The van der Waals surface area contributed by atoms with Crippen molar-refractivity contribution >= 4 is 12.3 Å². The van der Waals surface area contributed by atoms with Crippen LogP contribution in [0.15, 0.2) is 39.8 Å². The first-order valence-corrected chi connectivity index (χ1v) is 18.1. The molecule has 4 aliphatic rings. The first-order valence-electron chi connectivity index (χ1n) is 18.1. The number of hydrogen-bond donors (Lipinski definition) is 3. The van der Waals surface area contributed by atoms with Gasteiger partial charge in [0, 0.05) is 30.9 Å². The predicted molar refractivity (Wildman–Crippen MR) is 175 cm³/mol. The van der Waals surface area contributed by atoms with Crippen LogP contribution in [0.25, 0.3) is 0 Å². The Morgan fingerprint density at radius 1 is 0.913 bits per heavy atom. The summed E-state index contributed by atoms with van der Waals surface area (Å²) in [5.41, 5.74) is -3.06. The number of ether oxygens (including phenoxy) is 1. The molecule has 4 aliphatic carbocycles. The molecule has 256 valence electrons. The van der Waals surface area contributed by atoms with Crippen LogP contribution in [0.5, 0.6) is 0 Å². The SMILES string of the molecule is C[C@]12CC[C@H]3[C@@H](CC[C@]4(O)C[C@@H](OC(=O)CCCC/C=C\CCCCCCCO)CC[C@]34C=O)[C@@]1(O)CC[C@@H]2c1ccc(=O)oc1. The molecule has 0 unspecified atom stereocenters. The number of allylic oxidation sites excluding steroid dienone is 2. The molecule has 8 atom stereocenters. The van der Waals surface area contributed by atoms with Crippen LogP contribution < -0.4 is 5.63 Å². The summed E-state index contributed by atoms with van der Waals surface area (Å²) in [6.07, 6.45) is 21.3. The lowest BCUT2D eigenvalue weighted by Gasteiger charge is -2.65. The van der Waals surface area contributed by atoms with Gasteiger partial charge in [-0.15, -0.1) is 0 Å². The van der Waals surface area contributed by atoms with E-state index in [1.807, 2.05) is 6.07 Å². The molecule has 0 aromatic carbocycles. The molecular formula is C38H56O8. The Labute approximate surface area is 274 Å². The van der Waals surface area contributed by atoms with Crippen molar-refractivity contribution in [2.24, 2.45) is 22.7 Å². The first-order chi connectivity index (χ1) is 22.1. The summed E-state index contributed by atoms with van der Waals surface area (Å²) in [5, 5.41) is 33.4. The number of aliphatic hydroxyl groups is 3. The molecule has 5 rings (SSSR count). The molecule has 0 spiro atoms. The molecule has 0 aliphatic heterocycles. The van der Waals surface area contributed by atoms with Crippen molar-refractivity contribution in [3.8, 4) is 0 Å². The van der Waals surface area contributed by atoms with Crippen molar-refractivity contribution in [1.29, 1.82) is 0 Å². The molecule has 0 amide bonds. The van der Waals surface area contributed by atoms with Crippen molar-refractivity contribution in [2.75, 3.05) is 6.61 Å². The van der Waals surface area contributed by atoms with Gasteiger partial charge in [-0.3, -0.25) is 4.79 Å². The number of carbonyl (C=O) groups is 2. The van der Waals surface area contributed by atoms with Gasteiger partial charge in [-0.25, -0.2) is 4.79 Å². The zero-order valence-electron chi connectivity index (χ0n) is 27.8. The summed E-state index contributed by atoms with van der Waals surface area (Å²) >= 11 is 0. The number of hydrogen-bond acceptors (Lipinski definition) is 8. The zero-order chi connectivity index (χ0) is 32.8. The van der Waals surface area contributed by atoms with E-state index in [9.17, 15) is 24.6 Å². The third kappa shape index (κ3) is 6.68. The van der Waals surface area contributed by atoms with Crippen LogP contribution >= 0.6 is 0 Å². The van der Waals surface area contributed by atoms with Gasteiger partial charge in [-0.05, 0) is 119 Å². The van der Waals surface area contributed by atoms with Gasteiger partial charge >= 0.3 is 11.6 Å². The Hall–Kier alpha value is -2.29. The van der Waals surface area contributed by atoms with E-state index in [0.717, 1.165) is 69.6 Å². The number of unbranched alkanes of at least 4 members (excludes halogenated alkanes) is 7. The molecule has 0 bridgehead atoms. The lowest BCUT2D eigenvalue weighted by Crippen LogP contribution is -2.68. The van der Waals surface area contributed by atoms with Crippen LogP contribution in [0.3, 0.4) is 0 Å². The Kier molecular flexibility index (Phi) is 11.3. The Balaban J connectivity index is 1.12. The van der Waals surface area contributed by atoms with Crippen LogP contribution in [-0.2, 0) is 14.3 Å². The van der Waals surface area contributed by atoms with Gasteiger partial charge in [-0.2, -0.15) is 0 Å². The highest BCUT2D eigenvalue weighted by Gasteiger charge is 2.71. The molecule has 4 saturated carbocycles. The second kappa shape index (κ2) is 14.9. The maximum atomic E-state index is 13.0. The number of aldehydes is 1. The van der Waals surface area contributed by atoms with Gasteiger partial charge in [0.2, 0.25) is 0 Å². The normalized spacial score (nSPS) is 37.0. The summed E-state index contributed by atoms with van der Waals surface area (Å²) in [4.78, 5) is 37.4. The third-order valence-electron chi connectivity index (χ3n) is 12.8. The second-order valence-electron chi connectivity index (χ2n) is 15.2. The quantitative estimate of drug-likeness (QED) is 0.0852. The fraction of sp³-hybridized carbons (Fsp3) is 0.763. The van der Waals surface area contributed by atoms with Crippen LogP contribution in [0.1, 0.15) is 140 Å². The molecule has 1 heterocycles. The third-order valence-corrected chi connectivity index (χ3v) is 12.8. The number of rotatable bonds is 15. The average molecular weight is 641 g/mol. The Morgan fingerprint density at radius 2 is 1.63 bits per heavy atom. The van der Waals surface area contributed by atoms with E-state index in [2.05, 4.69) is 19.1 Å². The lowest BCUT2D eigenvalue weighted by atomic mass is 9.41. The molecule has 1 aromatic heterocycles. The van der Waals surface area contributed by atoms with Gasteiger partial charge in [0.25, 0.3) is 0 Å². The van der Waals surface area contributed by atoms with Gasteiger partial charge in [-0.1, -0.05) is 38.3 Å². The maximum absolute atomic E-state index is 13.0. The summed E-state index contributed by atoms with van der Waals surface area (Å²) in [7, 11) is 0. The van der Waals surface area contributed by atoms with Gasteiger partial charge in [0.1, 0.15) is 12.4 Å². The molecule has 46 heavy (non-hydrogen) atoms. The molecule has 1 aromatic rings. The van der Waals surface area contributed by atoms with Crippen molar-refractivity contribution in [2.45, 2.75) is 152 Å². The van der Waals surface area contributed by atoms with Gasteiger partial charge < -0.3 is 29.3 Å². The first kappa shape index (κ1) is 35.0. The lowest BCUT2D eigenvalue weighted by molar-refractivity contribution is -0.248. The van der Waals surface area contributed by atoms with E-state index in [1.54, 1.807) is 0 Å². The summed E-state index contributed by atoms with van der Waals surface area (Å²) in [5.74, 6) is -0.419. The van der Waals surface area contributed by atoms with Crippen molar-refractivity contribution in [1.82, 2.24) is 0 Å². The number of carbonyl (C=O) groups excluding carboxylic acids is 2. The van der Waals surface area contributed by atoms with Crippen LogP contribution in [0, 0.1) is 22.7 Å². The maximum Gasteiger partial charge on any atom is 0.335 e. The predicted octanol–water partition coefficient (Wildman–Crippen LogP) is 6.54. The van der Waals surface area contributed by atoms with Gasteiger partial charge in [0.05, 0.1) is 22.9 Å². The molecular weight excluding hydrogens is 584 g/mol. The molecule has 8 heteroatoms. The smallest absolute Gasteiger partial charge is 0.335 e. The Bertz CT molecular complexity index is 1250. The summed E-state index contributed by atoms with van der Waals surface area (Å²) in [6, 6.07) is 3.26. The molecule has 3 N–H and O–H groups in total. The highest BCUT2D eigenvalue weighted by molar-refractivity contribution is 5.69. The topological polar surface area (TPSA) is 134 Å². The van der Waals surface area contributed by atoms with E-state index in [0.29, 0.717) is 38.5 Å². The van der Waals surface area contributed by atoms with Crippen LogP contribution in [-0.4, -0.2) is 51.5 Å². The number of fused-ring (bicyclic) bond motifs is 5. The zero-order valence-corrected chi connectivity index (χ0v) is 27.8. The van der Waals surface area contributed by atoms with E-state index in [4.69, 9.17) is 14.3 Å². The minimum atomic E-state index is -1.26. The Morgan fingerprint density at radius 3 is 2.35 bits per heavy atom. The minimum Gasteiger partial charge on any atom is -0.462 e. The number of esters is 1. The van der Waals surface area contributed by atoms with Crippen molar-refractivity contribution in [3.05, 3.63) is 46.5 Å². The molecule has 0 saturated heterocycles. The van der Waals surface area contributed by atoms with E-state index in [1.165, 1.54) is 31.6 Å². The monoisotopic (exact) mass is 640 g/mol. The van der Waals surface area contributed by atoms with Crippen LogP contribution in [0.4, 0.5) is 0 Å². The summed E-state index contributed by atoms with van der Waals surface area (Å²) in [6.45, 7) is 2.43. The fourth-order valence-corrected chi connectivity index (χ4v) is 10.3. The number of aliphatic hydroxyl groups excluding tert-OH is 1. The molecule has 8 nitrogen and oxygen atoms in total. The molecule has 4 fully saturated rings. The average Bonchev–Trinajstić information content (AvgIpc) is 3.32. The van der Waals surface area contributed by atoms with E-state index >= 15 is 0 Å². The summed E-state index contributed by atoms with van der Waals surface area (Å²) < 4.78 is 11.1. The standard InChI is InChI=1S/C38H56O8/c1-35-20-17-31-32(38(35,44)23-19-30(35)28-14-15-33(41)45-26-28)18-22-37(43)25-29(16-21-36(31,37)27-40)46-34(42)13-11-9-7-5-3-2-4-6-8-10-12-24-39/h3,5,14-15,26-27,29-32,39,43-44H,2,4,6-13,16-25H2,1H3/b5-3-/t29-,30+,31-,32+,35+,36-,37-,38-/m0/s1. The van der Waals surface area contributed by atoms with E-state index in [-0.39, 0.29) is 42.4 Å². The van der Waals surface area contributed by atoms with E-state index < -0.39 is 28.1 Å².